The minimum atomic E-state index is 0.944. The summed E-state index contributed by atoms with van der Waals surface area (Å²) in [6, 6.07) is 8.39. The van der Waals surface area contributed by atoms with Crippen LogP contribution in [0.5, 0.6) is 0 Å². The summed E-state index contributed by atoms with van der Waals surface area (Å²) in [6.07, 6.45) is 5.24. The predicted octanol–water partition coefficient (Wildman–Crippen LogP) is 3.23. The largest absolute Gasteiger partial charge is 0.115 e. The maximum atomic E-state index is 3.23. The molecular weight excluding hydrogens is 152 g/mol. The van der Waals surface area contributed by atoms with Gasteiger partial charge in [0.25, 0.3) is 0 Å². The van der Waals surface area contributed by atoms with Crippen molar-refractivity contribution in [2.45, 2.75) is 11.3 Å². The average Bonchev–Trinajstić information content (AvgIpc) is 2.28. The van der Waals surface area contributed by atoms with E-state index in [1.807, 2.05) is 0 Å². The van der Waals surface area contributed by atoms with E-state index in [1.165, 1.54) is 10.5 Å². The van der Waals surface area contributed by atoms with Crippen molar-refractivity contribution in [2.24, 2.45) is 0 Å². The number of benzene rings is 1. The molecular formula is C10H8S. The zero-order chi connectivity index (χ0) is 7.52. The standard InChI is InChI=1S/C10H8S/c1-2-7-10-9(5-1)6-3-4-8-11-10/h1-3,5-7H,4H2. The van der Waals surface area contributed by atoms with Gasteiger partial charge in [0.15, 0.2) is 0 Å². The minimum absolute atomic E-state index is 0.944. The zero-order valence-electron chi connectivity index (χ0n) is 6.08. The van der Waals surface area contributed by atoms with Gasteiger partial charge in [0.05, 0.1) is 5.75 Å². The van der Waals surface area contributed by atoms with Crippen LogP contribution in [0.2, 0.25) is 0 Å². The van der Waals surface area contributed by atoms with Crippen LogP contribution in [0.1, 0.15) is 12.0 Å². The van der Waals surface area contributed by atoms with Crippen LogP contribution in [-0.4, -0.2) is 0 Å². The van der Waals surface area contributed by atoms with Crippen molar-refractivity contribution >= 4 is 17.8 Å². The first kappa shape index (κ1) is 6.99. The van der Waals surface area contributed by atoms with E-state index in [4.69, 9.17) is 0 Å². The summed E-state index contributed by atoms with van der Waals surface area (Å²) in [6.45, 7) is 0. The first-order valence-electron chi connectivity index (χ1n) is 3.62. The predicted molar refractivity (Wildman–Crippen MR) is 49.2 cm³/mol. The zero-order valence-corrected chi connectivity index (χ0v) is 6.90. The van der Waals surface area contributed by atoms with E-state index in [9.17, 15) is 0 Å². The summed E-state index contributed by atoms with van der Waals surface area (Å²) in [7, 11) is 0. The van der Waals surface area contributed by atoms with Gasteiger partial charge in [0, 0.05) is 4.90 Å². The highest BCUT2D eigenvalue weighted by Gasteiger charge is 2.01. The van der Waals surface area contributed by atoms with E-state index < -0.39 is 0 Å². The maximum absolute atomic E-state index is 3.23. The molecule has 0 saturated carbocycles. The van der Waals surface area contributed by atoms with Gasteiger partial charge in [-0.15, -0.1) is 11.8 Å². The number of hydrogen-bond acceptors (Lipinski definition) is 1. The first-order chi connectivity index (χ1) is 5.47. The van der Waals surface area contributed by atoms with Crippen molar-refractivity contribution in [3.05, 3.63) is 41.7 Å². The minimum Gasteiger partial charge on any atom is -0.115 e. The second kappa shape index (κ2) is 3.14. The molecule has 0 unspecified atom stereocenters. The number of rotatable bonds is 0. The van der Waals surface area contributed by atoms with E-state index in [-0.39, 0.29) is 0 Å². The van der Waals surface area contributed by atoms with E-state index >= 15 is 0 Å². The summed E-state index contributed by atoms with van der Waals surface area (Å²) >= 11 is 1.70. The molecule has 0 aliphatic carbocycles. The molecule has 0 saturated heterocycles. The van der Waals surface area contributed by atoms with Crippen molar-refractivity contribution in [3.63, 3.8) is 0 Å². The summed E-state index contributed by atoms with van der Waals surface area (Å²) < 4.78 is 0. The van der Waals surface area contributed by atoms with Gasteiger partial charge in [-0.05, 0) is 18.1 Å². The van der Waals surface area contributed by atoms with Gasteiger partial charge >= 0.3 is 0 Å². The van der Waals surface area contributed by atoms with Gasteiger partial charge in [0.2, 0.25) is 0 Å². The normalized spacial score (nSPS) is 15.6. The highest BCUT2D eigenvalue weighted by Crippen LogP contribution is 2.29. The molecule has 1 heteroatoms. The SMILES string of the molecule is [C]1CC=Cc2ccccc2S1. The van der Waals surface area contributed by atoms with Gasteiger partial charge < -0.3 is 0 Å². The summed E-state index contributed by atoms with van der Waals surface area (Å²) in [5.74, 6) is 3.23. The average molecular weight is 160 g/mol. The van der Waals surface area contributed by atoms with Crippen molar-refractivity contribution in [1.82, 2.24) is 0 Å². The van der Waals surface area contributed by atoms with Gasteiger partial charge in [-0.1, -0.05) is 30.4 Å². The maximum Gasteiger partial charge on any atom is 0.0576 e. The van der Waals surface area contributed by atoms with Crippen LogP contribution >= 0.6 is 11.8 Å². The smallest absolute Gasteiger partial charge is 0.0576 e. The second-order valence-corrected chi connectivity index (χ2v) is 3.32. The molecule has 0 nitrogen and oxygen atoms in total. The number of allylic oxidation sites excluding steroid dienone is 1. The van der Waals surface area contributed by atoms with Crippen molar-refractivity contribution in [1.29, 1.82) is 0 Å². The third-order valence-corrected chi connectivity index (χ3v) is 2.50. The van der Waals surface area contributed by atoms with Gasteiger partial charge in [-0.2, -0.15) is 0 Å². The highest BCUT2D eigenvalue weighted by atomic mass is 32.2. The van der Waals surface area contributed by atoms with Gasteiger partial charge in [-0.25, -0.2) is 0 Å². The number of fused-ring (bicyclic) bond motifs is 1. The molecule has 0 spiro atoms. The quantitative estimate of drug-likeness (QED) is 0.561. The van der Waals surface area contributed by atoms with Crippen LogP contribution < -0.4 is 0 Å². The molecule has 0 bridgehead atoms. The Morgan fingerprint density at radius 1 is 1.27 bits per heavy atom. The summed E-state index contributed by atoms with van der Waals surface area (Å²) in [5, 5.41) is 0. The fourth-order valence-electron chi connectivity index (χ4n) is 1.06. The molecule has 0 N–H and O–H groups in total. The second-order valence-electron chi connectivity index (χ2n) is 2.39. The topological polar surface area (TPSA) is 0 Å². The fraction of sp³-hybridized carbons (Fsp3) is 0.100. The Morgan fingerprint density at radius 2 is 2.18 bits per heavy atom. The Labute approximate surface area is 71.3 Å². The van der Waals surface area contributed by atoms with E-state index in [0.29, 0.717) is 0 Å². The van der Waals surface area contributed by atoms with Crippen molar-refractivity contribution in [3.8, 4) is 0 Å². The van der Waals surface area contributed by atoms with Gasteiger partial charge in [0.1, 0.15) is 0 Å². The van der Waals surface area contributed by atoms with E-state index in [0.717, 1.165) is 6.42 Å². The Kier molecular flexibility index (Phi) is 1.99. The molecule has 2 radical (unpaired) electrons. The Morgan fingerprint density at radius 3 is 3.18 bits per heavy atom. The molecule has 1 aliphatic heterocycles. The lowest BCUT2D eigenvalue weighted by molar-refractivity contribution is 1.39. The Hall–Kier alpha value is -0.690. The number of thioether (sulfide) groups is 1. The molecule has 1 heterocycles. The molecule has 0 fully saturated rings. The Bertz CT molecular complexity index is 276. The van der Waals surface area contributed by atoms with Crippen molar-refractivity contribution < 1.29 is 0 Å². The van der Waals surface area contributed by atoms with Crippen LogP contribution in [-0.2, 0) is 0 Å². The third kappa shape index (κ3) is 1.48. The molecule has 0 aromatic heterocycles. The summed E-state index contributed by atoms with van der Waals surface area (Å²) in [5.41, 5.74) is 1.31. The molecule has 1 aromatic rings. The van der Waals surface area contributed by atoms with Crippen molar-refractivity contribution in [2.75, 3.05) is 0 Å². The molecule has 1 aliphatic rings. The lowest BCUT2D eigenvalue weighted by Gasteiger charge is -1.99. The lowest BCUT2D eigenvalue weighted by Crippen LogP contribution is -1.74. The Balaban J connectivity index is 2.45. The third-order valence-electron chi connectivity index (χ3n) is 1.60. The lowest BCUT2D eigenvalue weighted by atomic mass is 10.2. The number of hydrogen-bond donors (Lipinski definition) is 0. The molecule has 54 valence electrons. The first-order valence-corrected chi connectivity index (χ1v) is 4.44. The monoisotopic (exact) mass is 160 g/mol. The van der Waals surface area contributed by atoms with Gasteiger partial charge in [-0.3, -0.25) is 0 Å². The molecule has 11 heavy (non-hydrogen) atoms. The van der Waals surface area contributed by atoms with E-state index in [1.54, 1.807) is 11.8 Å². The molecule has 1 aromatic carbocycles. The molecule has 0 amide bonds. The van der Waals surface area contributed by atoms with Crippen LogP contribution in [0.15, 0.2) is 35.2 Å². The molecule has 2 rings (SSSR count). The van der Waals surface area contributed by atoms with Crippen LogP contribution in [0.25, 0.3) is 6.08 Å². The van der Waals surface area contributed by atoms with E-state index in [2.05, 4.69) is 42.2 Å². The fourth-order valence-corrected chi connectivity index (χ4v) is 1.80. The highest BCUT2D eigenvalue weighted by molar-refractivity contribution is 8.01. The van der Waals surface area contributed by atoms with Crippen LogP contribution in [0.3, 0.4) is 0 Å². The van der Waals surface area contributed by atoms with Crippen LogP contribution in [0, 0.1) is 5.75 Å². The molecule has 0 atom stereocenters. The summed E-state index contributed by atoms with van der Waals surface area (Å²) in [4.78, 5) is 1.31. The van der Waals surface area contributed by atoms with Crippen LogP contribution in [0.4, 0.5) is 0 Å².